The molecule has 0 aliphatic carbocycles. The number of halogens is 1. The van der Waals surface area contributed by atoms with E-state index < -0.39 is 0 Å². The first-order valence-electron chi connectivity index (χ1n) is 9.35. The lowest BCUT2D eigenvalue weighted by Gasteiger charge is -2.30. The van der Waals surface area contributed by atoms with Crippen LogP contribution in [-0.4, -0.2) is 69.4 Å². The summed E-state index contributed by atoms with van der Waals surface area (Å²) in [6.07, 6.45) is 0.836. The van der Waals surface area contributed by atoms with Gasteiger partial charge in [0.1, 0.15) is 17.7 Å². The molecule has 2 N–H and O–H groups in total. The minimum atomic E-state index is -0.298. The molecule has 1 aromatic rings. The van der Waals surface area contributed by atoms with Crippen molar-refractivity contribution in [3.63, 3.8) is 0 Å². The van der Waals surface area contributed by atoms with E-state index in [1.54, 1.807) is 12.1 Å². The Morgan fingerprint density at radius 1 is 1.42 bits per heavy atom. The zero-order valence-electron chi connectivity index (χ0n) is 16.0. The largest absolute Gasteiger partial charge is 0.488 e. The molecular weight excluding hydrogens is 335 g/mol. The van der Waals surface area contributed by atoms with Crippen LogP contribution in [0.4, 0.5) is 4.39 Å². The SMILES string of the molecule is CCNC(=NCC(CC)Oc1cccc(F)c1)NCC1CN(C)CCO1. The summed E-state index contributed by atoms with van der Waals surface area (Å²) in [5.41, 5.74) is 0. The maximum absolute atomic E-state index is 13.3. The van der Waals surface area contributed by atoms with Crippen LogP contribution in [0.3, 0.4) is 0 Å². The maximum atomic E-state index is 13.3. The summed E-state index contributed by atoms with van der Waals surface area (Å²) in [5.74, 6) is 0.975. The molecule has 0 amide bonds. The normalized spacial score (nSPS) is 19.8. The Morgan fingerprint density at radius 3 is 2.96 bits per heavy atom. The molecule has 1 saturated heterocycles. The van der Waals surface area contributed by atoms with E-state index in [1.807, 2.05) is 13.8 Å². The number of nitrogens with one attached hydrogen (secondary N) is 2. The van der Waals surface area contributed by atoms with E-state index in [0.29, 0.717) is 18.8 Å². The molecule has 2 atom stereocenters. The summed E-state index contributed by atoms with van der Waals surface area (Å²) in [7, 11) is 2.10. The second kappa shape index (κ2) is 11.0. The molecule has 1 aliphatic heterocycles. The van der Waals surface area contributed by atoms with Crippen LogP contribution in [0, 0.1) is 5.82 Å². The van der Waals surface area contributed by atoms with Crippen molar-refractivity contribution in [2.45, 2.75) is 32.5 Å². The average molecular weight is 366 g/mol. The molecule has 1 fully saturated rings. The van der Waals surface area contributed by atoms with Crippen molar-refractivity contribution < 1.29 is 13.9 Å². The number of hydrogen-bond acceptors (Lipinski definition) is 4. The molecule has 0 spiro atoms. The fraction of sp³-hybridized carbons (Fsp3) is 0.632. The predicted molar refractivity (Wildman–Crippen MR) is 102 cm³/mol. The van der Waals surface area contributed by atoms with E-state index in [0.717, 1.165) is 38.6 Å². The third-order valence-corrected chi connectivity index (χ3v) is 4.19. The highest BCUT2D eigenvalue weighted by atomic mass is 19.1. The van der Waals surface area contributed by atoms with Crippen LogP contribution in [0.15, 0.2) is 29.3 Å². The van der Waals surface area contributed by atoms with E-state index >= 15 is 0 Å². The molecular formula is C19H31FN4O2. The summed E-state index contributed by atoms with van der Waals surface area (Å²) >= 11 is 0. The molecule has 1 aromatic carbocycles. The number of morpholine rings is 1. The molecule has 6 nitrogen and oxygen atoms in total. The Labute approximate surface area is 155 Å². The number of aliphatic imine (C=N–C) groups is 1. The molecule has 0 bridgehead atoms. The molecule has 0 saturated carbocycles. The smallest absolute Gasteiger partial charge is 0.191 e. The lowest BCUT2D eigenvalue weighted by atomic mass is 10.2. The molecule has 0 aromatic heterocycles. The van der Waals surface area contributed by atoms with Gasteiger partial charge in [0.15, 0.2) is 5.96 Å². The predicted octanol–water partition coefficient (Wildman–Crippen LogP) is 1.87. The van der Waals surface area contributed by atoms with Crippen molar-refractivity contribution in [1.29, 1.82) is 0 Å². The Kier molecular flexibility index (Phi) is 8.64. The van der Waals surface area contributed by atoms with Gasteiger partial charge in [-0.15, -0.1) is 0 Å². The second-order valence-electron chi connectivity index (χ2n) is 6.46. The van der Waals surface area contributed by atoms with Crippen LogP contribution >= 0.6 is 0 Å². The third-order valence-electron chi connectivity index (χ3n) is 4.19. The average Bonchev–Trinajstić information content (AvgIpc) is 2.63. The molecule has 2 rings (SSSR count). The van der Waals surface area contributed by atoms with Crippen LogP contribution in [0.2, 0.25) is 0 Å². The van der Waals surface area contributed by atoms with Crippen LogP contribution in [0.1, 0.15) is 20.3 Å². The van der Waals surface area contributed by atoms with Crippen molar-refractivity contribution >= 4 is 5.96 Å². The highest BCUT2D eigenvalue weighted by molar-refractivity contribution is 5.79. The van der Waals surface area contributed by atoms with Crippen LogP contribution in [0.5, 0.6) is 5.75 Å². The Hall–Kier alpha value is -1.86. The summed E-state index contributed by atoms with van der Waals surface area (Å²) in [4.78, 5) is 6.88. The number of hydrogen-bond donors (Lipinski definition) is 2. The van der Waals surface area contributed by atoms with Crippen molar-refractivity contribution in [3.05, 3.63) is 30.1 Å². The molecule has 7 heteroatoms. The topological polar surface area (TPSA) is 58.1 Å². The highest BCUT2D eigenvalue weighted by Gasteiger charge is 2.18. The van der Waals surface area contributed by atoms with Crippen LogP contribution < -0.4 is 15.4 Å². The first-order valence-corrected chi connectivity index (χ1v) is 9.35. The van der Waals surface area contributed by atoms with Gasteiger partial charge in [-0.05, 0) is 32.5 Å². The van der Waals surface area contributed by atoms with E-state index in [1.165, 1.54) is 12.1 Å². The highest BCUT2D eigenvalue weighted by Crippen LogP contribution is 2.15. The van der Waals surface area contributed by atoms with Gasteiger partial charge in [-0.3, -0.25) is 0 Å². The monoisotopic (exact) mass is 366 g/mol. The van der Waals surface area contributed by atoms with Crippen molar-refractivity contribution in [1.82, 2.24) is 15.5 Å². The minimum absolute atomic E-state index is 0.107. The van der Waals surface area contributed by atoms with Gasteiger partial charge in [0.25, 0.3) is 0 Å². The quantitative estimate of drug-likeness (QED) is 0.543. The van der Waals surface area contributed by atoms with E-state index in [2.05, 4.69) is 27.6 Å². The van der Waals surface area contributed by atoms with Gasteiger partial charge in [0, 0.05) is 32.2 Å². The van der Waals surface area contributed by atoms with Crippen molar-refractivity contribution in [3.8, 4) is 5.75 Å². The molecule has 2 unspecified atom stereocenters. The fourth-order valence-corrected chi connectivity index (χ4v) is 2.72. The first kappa shape index (κ1) is 20.5. The standard InChI is InChI=1S/C19H31FN4O2/c1-4-16(26-17-8-6-7-15(20)11-17)12-22-19(21-5-2)23-13-18-14-24(3)9-10-25-18/h6-8,11,16,18H,4-5,9-10,12-14H2,1-3H3,(H2,21,22,23). The maximum Gasteiger partial charge on any atom is 0.191 e. The lowest BCUT2D eigenvalue weighted by molar-refractivity contribution is -0.0161. The second-order valence-corrected chi connectivity index (χ2v) is 6.46. The first-order chi connectivity index (χ1) is 12.6. The van der Waals surface area contributed by atoms with E-state index in [4.69, 9.17) is 9.47 Å². The van der Waals surface area contributed by atoms with Gasteiger partial charge in [-0.2, -0.15) is 0 Å². The van der Waals surface area contributed by atoms with Gasteiger partial charge in [0.2, 0.25) is 0 Å². The van der Waals surface area contributed by atoms with E-state index in [9.17, 15) is 4.39 Å². The third kappa shape index (κ3) is 7.17. The lowest BCUT2D eigenvalue weighted by Crippen LogP contribution is -2.48. The van der Waals surface area contributed by atoms with Crippen LogP contribution in [-0.2, 0) is 4.74 Å². The molecule has 146 valence electrons. The minimum Gasteiger partial charge on any atom is -0.488 e. The Bertz CT molecular complexity index is 570. The number of ether oxygens (including phenoxy) is 2. The van der Waals surface area contributed by atoms with Gasteiger partial charge < -0.3 is 25.0 Å². The van der Waals surface area contributed by atoms with Gasteiger partial charge >= 0.3 is 0 Å². The van der Waals surface area contributed by atoms with Gasteiger partial charge in [0.05, 0.1) is 19.3 Å². The number of likely N-dealkylation sites (N-methyl/N-ethyl adjacent to an activating group) is 1. The summed E-state index contributed by atoms with van der Waals surface area (Å²) in [6.45, 7) is 8.68. The number of nitrogens with zero attached hydrogens (tertiary/aromatic N) is 2. The zero-order chi connectivity index (χ0) is 18.8. The van der Waals surface area contributed by atoms with Crippen molar-refractivity contribution in [2.75, 3.05) is 46.4 Å². The van der Waals surface area contributed by atoms with Gasteiger partial charge in [-0.25, -0.2) is 9.38 Å². The van der Waals surface area contributed by atoms with Crippen molar-refractivity contribution in [2.24, 2.45) is 4.99 Å². The molecule has 0 radical (unpaired) electrons. The summed E-state index contributed by atoms with van der Waals surface area (Å²) in [6, 6.07) is 6.21. The molecule has 1 aliphatic rings. The fourth-order valence-electron chi connectivity index (χ4n) is 2.72. The zero-order valence-corrected chi connectivity index (χ0v) is 16.0. The molecule has 1 heterocycles. The number of guanidine groups is 1. The van der Waals surface area contributed by atoms with Crippen LogP contribution in [0.25, 0.3) is 0 Å². The number of benzene rings is 1. The molecule has 26 heavy (non-hydrogen) atoms. The summed E-state index contributed by atoms with van der Waals surface area (Å²) in [5, 5.41) is 6.58. The summed E-state index contributed by atoms with van der Waals surface area (Å²) < 4.78 is 24.9. The van der Waals surface area contributed by atoms with Gasteiger partial charge in [-0.1, -0.05) is 13.0 Å². The Balaban J connectivity index is 1.86. The van der Waals surface area contributed by atoms with E-state index in [-0.39, 0.29) is 18.0 Å². The Morgan fingerprint density at radius 2 is 2.27 bits per heavy atom. The number of rotatable bonds is 8.